The molecule has 2 aliphatic rings. The summed E-state index contributed by atoms with van der Waals surface area (Å²) in [7, 11) is 0. The third-order valence-corrected chi connectivity index (χ3v) is 5.34. The van der Waals surface area contributed by atoms with Crippen molar-refractivity contribution in [3.8, 4) is 11.5 Å². The molecular formula is C22H26F2N2O2. The molecule has 4 rings (SSSR count). The molecular weight excluding hydrogens is 362 g/mol. The Morgan fingerprint density at radius 2 is 2.00 bits per heavy atom. The molecule has 1 fully saturated rings. The molecule has 0 bridgehead atoms. The average Bonchev–Trinajstić information content (AvgIpc) is 2.67. The van der Waals surface area contributed by atoms with Gasteiger partial charge in [-0.1, -0.05) is 18.2 Å². The van der Waals surface area contributed by atoms with Crippen LogP contribution in [0.1, 0.15) is 43.5 Å². The van der Waals surface area contributed by atoms with Gasteiger partial charge in [-0.3, -0.25) is 4.90 Å². The van der Waals surface area contributed by atoms with Crippen LogP contribution in [-0.2, 0) is 0 Å². The fourth-order valence-corrected chi connectivity index (χ4v) is 4.18. The Morgan fingerprint density at radius 1 is 1.18 bits per heavy atom. The molecule has 0 unspecified atom stereocenters. The van der Waals surface area contributed by atoms with Gasteiger partial charge in [0.25, 0.3) is 0 Å². The van der Waals surface area contributed by atoms with Gasteiger partial charge in [-0.15, -0.1) is 0 Å². The summed E-state index contributed by atoms with van der Waals surface area (Å²) in [4.78, 5) is 2.30. The Balaban J connectivity index is 1.60. The molecule has 2 aliphatic heterocycles. The van der Waals surface area contributed by atoms with Gasteiger partial charge in [-0.05, 0) is 26.0 Å². The summed E-state index contributed by atoms with van der Waals surface area (Å²) < 4.78 is 39.5. The number of halogens is 2. The van der Waals surface area contributed by atoms with Gasteiger partial charge in [-0.2, -0.15) is 0 Å². The van der Waals surface area contributed by atoms with Crippen LogP contribution in [0.2, 0.25) is 0 Å². The van der Waals surface area contributed by atoms with Gasteiger partial charge in [0.05, 0.1) is 12.7 Å². The van der Waals surface area contributed by atoms with E-state index >= 15 is 0 Å². The molecule has 150 valence electrons. The van der Waals surface area contributed by atoms with Crippen molar-refractivity contribution in [1.82, 2.24) is 10.2 Å². The molecule has 2 heterocycles. The first-order valence-corrected chi connectivity index (χ1v) is 9.87. The van der Waals surface area contributed by atoms with Gasteiger partial charge < -0.3 is 14.8 Å². The summed E-state index contributed by atoms with van der Waals surface area (Å²) in [5, 5.41) is 3.56. The van der Waals surface area contributed by atoms with E-state index in [1.54, 1.807) is 0 Å². The number of para-hydroxylation sites is 1. The highest BCUT2D eigenvalue weighted by Crippen LogP contribution is 2.40. The van der Waals surface area contributed by atoms with Crippen molar-refractivity contribution in [2.45, 2.75) is 38.5 Å². The molecule has 1 saturated heterocycles. The quantitative estimate of drug-likeness (QED) is 0.850. The fourth-order valence-electron chi connectivity index (χ4n) is 4.18. The van der Waals surface area contributed by atoms with E-state index in [2.05, 4.69) is 16.3 Å². The van der Waals surface area contributed by atoms with Crippen molar-refractivity contribution in [2.24, 2.45) is 0 Å². The lowest BCUT2D eigenvalue weighted by atomic mass is 9.95. The zero-order chi connectivity index (χ0) is 19.7. The van der Waals surface area contributed by atoms with Gasteiger partial charge in [0.2, 0.25) is 0 Å². The minimum atomic E-state index is -0.623. The predicted octanol–water partition coefficient (Wildman–Crippen LogP) is 4.22. The van der Waals surface area contributed by atoms with E-state index in [9.17, 15) is 8.78 Å². The molecule has 0 aromatic heterocycles. The molecule has 0 radical (unpaired) electrons. The first-order chi connectivity index (χ1) is 13.5. The Hall–Kier alpha value is -2.18. The highest BCUT2D eigenvalue weighted by Gasteiger charge is 2.33. The summed E-state index contributed by atoms with van der Waals surface area (Å²) in [6.45, 7) is 6.80. The van der Waals surface area contributed by atoms with Crippen LogP contribution in [0.25, 0.3) is 0 Å². The van der Waals surface area contributed by atoms with Gasteiger partial charge >= 0.3 is 0 Å². The minimum Gasteiger partial charge on any atom is -0.491 e. The van der Waals surface area contributed by atoms with Crippen LogP contribution in [0.15, 0.2) is 36.4 Å². The first kappa shape index (κ1) is 19.2. The molecule has 4 nitrogen and oxygen atoms in total. The minimum absolute atomic E-state index is 0.0586. The summed E-state index contributed by atoms with van der Waals surface area (Å²) in [6, 6.07) is 10.4. The molecule has 0 saturated carbocycles. The number of rotatable bonds is 4. The third-order valence-electron chi connectivity index (χ3n) is 5.34. The topological polar surface area (TPSA) is 33.7 Å². The Bertz CT molecular complexity index is 843. The maximum absolute atomic E-state index is 14.2. The smallest absolute Gasteiger partial charge is 0.168 e. The zero-order valence-electron chi connectivity index (χ0n) is 16.3. The van der Waals surface area contributed by atoms with E-state index in [0.717, 1.165) is 37.0 Å². The largest absolute Gasteiger partial charge is 0.491 e. The van der Waals surface area contributed by atoms with Gasteiger partial charge in [-0.25, -0.2) is 8.78 Å². The van der Waals surface area contributed by atoms with Crippen molar-refractivity contribution in [3.05, 3.63) is 59.2 Å². The van der Waals surface area contributed by atoms with Crippen molar-refractivity contribution in [1.29, 1.82) is 0 Å². The van der Waals surface area contributed by atoms with E-state index in [0.29, 0.717) is 18.6 Å². The third kappa shape index (κ3) is 3.84. The Kier molecular flexibility index (Phi) is 5.51. The second kappa shape index (κ2) is 8.05. The molecule has 0 amide bonds. The Labute approximate surface area is 164 Å². The molecule has 0 spiro atoms. The van der Waals surface area contributed by atoms with Crippen LogP contribution in [0.3, 0.4) is 0 Å². The monoisotopic (exact) mass is 388 g/mol. The number of nitrogens with one attached hydrogen (secondary N) is 1. The number of ether oxygens (including phenoxy) is 2. The summed E-state index contributed by atoms with van der Waals surface area (Å²) in [5.74, 6) is -0.117. The van der Waals surface area contributed by atoms with Crippen LogP contribution in [-0.4, -0.2) is 37.2 Å². The SMILES string of the molecule is CC(C)Oc1ccccc1[C@@H]1CN([C@H]2CCOc3c(F)cc(F)cc32)CCN1. The lowest BCUT2D eigenvalue weighted by molar-refractivity contribution is 0.103. The van der Waals surface area contributed by atoms with Gasteiger partial charge in [0, 0.05) is 55.3 Å². The van der Waals surface area contributed by atoms with Crippen molar-refractivity contribution in [3.63, 3.8) is 0 Å². The number of fused-ring (bicyclic) bond motifs is 1. The lowest BCUT2D eigenvalue weighted by Gasteiger charge is -2.41. The fraction of sp³-hybridized carbons (Fsp3) is 0.455. The van der Waals surface area contributed by atoms with Gasteiger partial charge in [0.15, 0.2) is 11.6 Å². The Morgan fingerprint density at radius 3 is 2.82 bits per heavy atom. The van der Waals surface area contributed by atoms with Crippen LogP contribution < -0.4 is 14.8 Å². The zero-order valence-corrected chi connectivity index (χ0v) is 16.3. The van der Waals surface area contributed by atoms with E-state index in [-0.39, 0.29) is 23.9 Å². The number of nitrogens with zero attached hydrogens (tertiary/aromatic N) is 1. The van der Waals surface area contributed by atoms with Gasteiger partial charge in [0.1, 0.15) is 11.6 Å². The molecule has 28 heavy (non-hydrogen) atoms. The number of benzene rings is 2. The van der Waals surface area contributed by atoms with Crippen LogP contribution in [0.5, 0.6) is 11.5 Å². The normalized spacial score (nSPS) is 22.6. The highest BCUT2D eigenvalue weighted by atomic mass is 19.1. The van der Waals surface area contributed by atoms with Crippen molar-refractivity contribution < 1.29 is 18.3 Å². The van der Waals surface area contributed by atoms with E-state index < -0.39 is 11.6 Å². The van der Waals surface area contributed by atoms with Crippen LogP contribution in [0, 0.1) is 11.6 Å². The number of hydrogen-bond acceptors (Lipinski definition) is 4. The highest BCUT2D eigenvalue weighted by molar-refractivity contribution is 5.40. The molecule has 1 N–H and O–H groups in total. The predicted molar refractivity (Wildman–Crippen MR) is 104 cm³/mol. The maximum atomic E-state index is 14.2. The summed E-state index contributed by atoms with van der Waals surface area (Å²) in [5.41, 5.74) is 1.72. The van der Waals surface area contributed by atoms with Crippen LogP contribution >= 0.6 is 0 Å². The van der Waals surface area contributed by atoms with Crippen molar-refractivity contribution >= 4 is 0 Å². The van der Waals surface area contributed by atoms with E-state index in [4.69, 9.17) is 9.47 Å². The maximum Gasteiger partial charge on any atom is 0.168 e. The number of hydrogen-bond donors (Lipinski definition) is 1. The standard InChI is InChI=1S/C22H26F2N2O2/c1-14(2)28-21-6-4-3-5-16(21)19-13-26(9-8-25-19)20-7-10-27-22-17(20)11-15(23)12-18(22)24/h3-6,11-12,14,19-20,25H,7-10,13H2,1-2H3/t19-,20-/m0/s1. The lowest BCUT2D eigenvalue weighted by Crippen LogP contribution is -2.48. The van der Waals surface area contributed by atoms with Crippen molar-refractivity contribution in [2.75, 3.05) is 26.2 Å². The molecule has 2 aromatic rings. The summed E-state index contributed by atoms with van der Waals surface area (Å²) >= 11 is 0. The van der Waals surface area contributed by atoms with Crippen LogP contribution in [0.4, 0.5) is 8.78 Å². The van der Waals surface area contributed by atoms with E-state index in [1.165, 1.54) is 6.07 Å². The second-order valence-corrected chi connectivity index (χ2v) is 7.66. The number of piperazine rings is 1. The molecule has 6 heteroatoms. The molecule has 2 aromatic carbocycles. The first-order valence-electron chi connectivity index (χ1n) is 9.87. The second-order valence-electron chi connectivity index (χ2n) is 7.66. The molecule has 0 aliphatic carbocycles. The molecule has 2 atom stereocenters. The average molecular weight is 388 g/mol. The summed E-state index contributed by atoms with van der Waals surface area (Å²) in [6.07, 6.45) is 0.807. The van der Waals surface area contributed by atoms with E-state index in [1.807, 2.05) is 32.0 Å².